The smallest absolute Gasteiger partial charge is 0.266 e. The lowest BCUT2D eigenvalue weighted by atomic mass is 9.93. The van der Waals surface area contributed by atoms with Gasteiger partial charge in [-0.15, -0.1) is 0 Å². The van der Waals surface area contributed by atoms with Crippen LogP contribution in [0.4, 0.5) is 11.6 Å². The Morgan fingerprint density at radius 1 is 1.21 bits per heavy atom. The topological polar surface area (TPSA) is 121 Å². The van der Waals surface area contributed by atoms with Crippen LogP contribution in [-0.2, 0) is 21.1 Å². The van der Waals surface area contributed by atoms with E-state index < -0.39 is 9.84 Å². The quantitative estimate of drug-likeness (QED) is 0.557. The molecule has 2 aromatic heterocycles. The Morgan fingerprint density at radius 3 is 2.68 bits per heavy atom. The fraction of sp³-hybridized carbons (Fsp3) is 0.375. The Hall–Kier alpha value is -3.58. The predicted octanol–water partition coefficient (Wildman–Crippen LogP) is 3.41. The fourth-order valence-electron chi connectivity index (χ4n) is 4.69. The second-order valence-electron chi connectivity index (χ2n) is 8.68. The number of sulfone groups is 1. The van der Waals surface area contributed by atoms with Crippen molar-refractivity contribution in [3.63, 3.8) is 0 Å². The molecule has 10 heteroatoms. The summed E-state index contributed by atoms with van der Waals surface area (Å²) in [5, 5.41) is 9.50. The predicted molar refractivity (Wildman–Crippen MR) is 124 cm³/mol. The number of carbonyl (C=O) groups is 1. The molecule has 1 saturated heterocycles. The van der Waals surface area contributed by atoms with Crippen LogP contribution in [0.25, 0.3) is 11.7 Å². The van der Waals surface area contributed by atoms with E-state index >= 15 is 0 Å². The van der Waals surface area contributed by atoms with Crippen LogP contribution in [0.3, 0.4) is 0 Å². The van der Waals surface area contributed by atoms with E-state index in [9.17, 15) is 18.5 Å². The maximum atomic E-state index is 13.4. The minimum atomic E-state index is -3.30. The van der Waals surface area contributed by atoms with Crippen LogP contribution in [0.5, 0.6) is 0 Å². The lowest BCUT2D eigenvalue weighted by Crippen LogP contribution is -2.44. The molecule has 3 aromatic rings. The molecule has 176 valence electrons. The van der Waals surface area contributed by atoms with Crippen LogP contribution < -0.4 is 9.80 Å². The summed E-state index contributed by atoms with van der Waals surface area (Å²) in [5.74, 6) is 1.01. The van der Waals surface area contributed by atoms with E-state index in [0.717, 1.165) is 24.1 Å². The Labute approximate surface area is 197 Å². The van der Waals surface area contributed by atoms with Gasteiger partial charge in [0.05, 0.1) is 11.2 Å². The molecule has 0 saturated carbocycles. The summed E-state index contributed by atoms with van der Waals surface area (Å²) >= 11 is 0. The number of carbonyl (C=O) groups excluding carboxylic acids is 1. The molecule has 1 amide bonds. The van der Waals surface area contributed by atoms with Crippen molar-refractivity contribution in [2.45, 2.75) is 30.6 Å². The molecular formula is C24H24N4O5S. The molecule has 2 aliphatic rings. The molecule has 9 nitrogen and oxygen atoms in total. The molecule has 0 aliphatic carbocycles. The summed E-state index contributed by atoms with van der Waals surface area (Å²) in [5.41, 5.74) is 1.89. The van der Waals surface area contributed by atoms with Crippen molar-refractivity contribution in [2.24, 2.45) is 5.92 Å². The number of hydrogen-bond donors (Lipinski definition) is 0. The standard InChI is InChI=1S/C24H24N4O5S/c1-34(30,31)18-6-7-20-17(14-18)4-2-10-28(20)23(29)16-8-11-27(12-9-16)24-19(15-25)26-22(33-24)21-5-3-13-32-21/h3,5-7,13-14,16H,2,4,8-12H2,1H3. The summed E-state index contributed by atoms with van der Waals surface area (Å²) in [6.45, 7) is 1.74. The number of hydrogen-bond acceptors (Lipinski definition) is 8. The maximum absolute atomic E-state index is 13.4. The number of aryl methyl sites for hydroxylation is 1. The number of oxazole rings is 1. The first-order valence-corrected chi connectivity index (χ1v) is 13.1. The zero-order valence-electron chi connectivity index (χ0n) is 18.7. The van der Waals surface area contributed by atoms with Gasteiger partial charge in [0, 0.05) is 37.5 Å². The van der Waals surface area contributed by atoms with E-state index in [1.165, 1.54) is 12.5 Å². The maximum Gasteiger partial charge on any atom is 0.266 e. The highest BCUT2D eigenvalue weighted by molar-refractivity contribution is 7.90. The van der Waals surface area contributed by atoms with Gasteiger partial charge in [-0.2, -0.15) is 10.2 Å². The molecule has 4 heterocycles. The summed E-state index contributed by atoms with van der Waals surface area (Å²) in [6, 6.07) is 10.5. The third-order valence-corrected chi connectivity index (χ3v) is 7.55. The lowest BCUT2D eigenvalue weighted by Gasteiger charge is -2.36. The molecule has 5 rings (SSSR count). The van der Waals surface area contributed by atoms with Crippen molar-refractivity contribution >= 4 is 27.3 Å². The van der Waals surface area contributed by atoms with Crippen molar-refractivity contribution in [1.82, 2.24) is 4.98 Å². The van der Waals surface area contributed by atoms with E-state index in [4.69, 9.17) is 8.83 Å². The Balaban J connectivity index is 1.30. The third-order valence-electron chi connectivity index (χ3n) is 6.44. The molecule has 34 heavy (non-hydrogen) atoms. The number of amides is 1. The average molecular weight is 481 g/mol. The minimum Gasteiger partial charge on any atom is -0.459 e. The van der Waals surface area contributed by atoms with Gasteiger partial charge >= 0.3 is 0 Å². The van der Waals surface area contributed by atoms with Gasteiger partial charge in [-0.05, 0) is 61.6 Å². The average Bonchev–Trinajstić information content (AvgIpc) is 3.52. The molecule has 2 aliphatic heterocycles. The highest BCUT2D eigenvalue weighted by atomic mass is 32.2. The Bertz CT molecular complexity index is 1360. The first-order chi connectivity index (χ1) is 16.3. The number of rotatable bonds is 4. The van der Waals surface area contributed by atoms with Crippen LogP contribution in [0.15, 0.2) is 50.3 Å². The van der Waals surface area contributed by atoms with E-state index in [0.29, 0.717) is 44.1 Å². The minimum absolute atomic E-state index is 0.0575. The van der Waals surface area contributed by atoms with Gasteiger partial charge in [0.25, 0.3) is 5.89 Å². The summed E-state index contributed by atoms with van der Waals surface area (Å²) < 4.78 is 35.0. The molecule has 0 radical (unpaired) electrons. The first kappa shape index (κ1) is 22.2. The lowest BCUT2D eigenvalue weighted by molar-refractivity contribution is -0.123. The van der Waals surface area contributed by atoms with Gasteiger partial charge in [-0.3, -0.25) is 4.79 Å². The molecule has 0 atom stereocenters. The number of piperidine rings is 1. The molecule has 0 bridgehead atoms. The Kier molecular flexibility index (Phi) is 5.65. The van der Waals surface area contributed by atoms with Crippen LogP contribution in [0.2, 0.25) is 0 Å². The second-order valence-corrected chi connectivity index (χ2v) is 10.7. The largest absolute Gasteiger partial charge is 0.459 e. The zero-order valence-corrected chi connectivity index (χ0v) is 19.5. The number of anilines is 2. The van der Waals surface area contributed by atoms with Gasteiger partial charge in [0.1, 0.15) is 6.07 Å². The first-order valence-electron chi connectivity index (χ1n) is 11.2. The van der Waals surface area contributed by atoms with Crippen LogP contribution in [0.1, 0.15) is 30.5 Å². The number of furan rings is 1. The molecule has 1 aromatic carbocycles. The van der Waals surface area contributed by atoms with Gasteiger partial charge in [0.2, 0.25) is 17.5 Å². The highest BCUT2D eigenvalue weighted by Gasteiger charge is 2.33. The molecule has 1 fully saturated rings. The van der Waals surface area contributed by atoms with E-state index in [1.807, 2.05) is 4.90 Å². The molecule has 0 unspecified atom stereocenters. The van der Waals surface area contributed by atoms with E-state index in [1.54, 1.807) is 35.2 Å². The highest BCUT2D eigenvalue weighted by Crippen LogP contribution is 2.34. The van der Waals surface area contributed by atoms with Gasteiger partial charge in [-0.1, -0.05) is 0 Å². The summed E-state index contributed by atoms with van der Waals surface area (Å²) in [6.07, 6.45) is 5.49. The van der Waals surface area contributed by atoms with Gasteiger partial charge in [0.15, 0.2) is 15.6 Å². The number of benzene rings is 1. The van der Waals surface area contributed by atoms with Crippen molar-refractivity contribution in [2.75, 3.05) is 35.7 Å². The number of aromatic nitrogens is 1. The number of nitriles is 1. The van der Waals surface area contributed by atoms with Gasteiger partial charge in [-0.25, -0.2) is 8.42 Å². The second kappa shape index (κ2) is 8.65. The van der Waals surface area contributed by atoms with Crippen LogP contribution in [0, 0.1) is 17.2 Å². The van der Waals surface area contributed by atoms with Crippen molar-refractivity contribution < 1.29 is 22.0 Å². The van der Waals surface area contributed by atoms with E-state index in [2.05, 4.69) is 11.1 Å². The van der Waals surface area contributed by atoms with Crippen molar-refractivity contribution in [3.05, 3.63) is 47.9 Å². The molecular weight excluding hydrogens is 456 g/mol. The fourth-order valence-corrected chi connectivity index (χ4v) is 5.36. The normalized spacial score (nSPS) is 16.8. The van der Waals surface area contributed by atoms with Crippen molar-refractivity contribution in [1.29, 1.82) is 5.26 Å². The molecule has 0 N–H and O–H groups in total. The van der Waals surface area contributed by atoms with Crippen LogP contribution in [-0.4, -0.2) is 45.2 Å². The number of fused-ring (bicyclic) bond motifs is 1. The number of nitrogens with zero attached hydrogens (tertiary/aromatic N) is 4. The summed E-state index contributed by atoms with van der Waals surface area (Å²) in [4.78, 5) is 21.7. The van der Waals surface area contributed by atoms with Gasteiger partial charge < -0.3 is 18.6 Å². The third kappa shape index (κ3) is 4.07. The van der Waals surface area contributed by atoms with Crippen LogP contribution >= 0.6 is 0 Å². The Morgan fingerprint density at radius 2 is 2.00 bits per heavy atom. The zero-order chi connectivity index (χ0) is 23.9. The monoisotopic (exact) mass is 480 g/mol. The van der Waals surface area contributed by atoms with Crippen molar-refractivity contribution in [3.8, 4) is 17.7 Å². The summed E-state index contributed by atoms with van der Waals surface area (Å²) in [7, 11) is -3.30. The van der Waals surface area contributed by atoms with E-state index in [-0.39, 0.29) is 28.3 Å². The molecule has 0 spiro atoms. The SMILES string of the molecule is CS(=O)(=O)c1ccc2c(c1)CCCN2C(=O)C1CCN(c2oc(-c3ccco3)nc2C#N)CC1.